The molecule has 108 valence electrons. The molecule has 0 saturated carbocycles. The first-order valence-electron chi connectivity index (χ1n) is 6.75. The molecule has 1 aliphatic heterocycles. The number of hydrazone groups is 1. The Morgan fingerprint density at radius 3 is 2.53 bits per heavy atom. The molecule has 1 heterocycles. The minimum absolute atomic E-state index is 0.0918. The molecule has 0 saturated heterocycles. The molecular weight excluding hydrogens is 262 g/mol. The predicted molar refractivity (Wildman–Crippen MR) is 78.5 cm³/mol. The topological polar surface area (TPSA) is 61.8 Å². The van der Waals surface area contributed by atoms with E-state index in [1.165, 1.54) is 43.5 Å². The Labute approximate surface area is 119 Å². The molecule has 0 radical (unpaired) electrons. The highest BCUT2D eigenvalue weighted by molar-refractivity contribution is 8.15. The summed E-state index contributed by atoms with van der Waals surface area (Å²) in [5.41, 5.74) is 0. The molecule has 19 heavy (non-hydrogen) atoms. The summed E-state index contributed by atoms with van der Waals surface area (Å²) in [4.78, 5) is 22.4. The van der Waals surface area contributed by atoms with Gasteiger partial charge in [0.15, 0.2) is 5.17 Å². The molecule has 1 atom stereocenters. The maximum absolute atomic E-state index is 11.7. The van der Waals surface area contributed by atoms with Crippen LogP contribution >= 0.6 is 11.8 Å². The molecule has 0 unspecified atom stereocenters. The van der Waals surface area contributed by atoms with Crippen LogP contribution in [0.3, 0.4) is 0 Å². The quantitative estimate of drug-likeness (QED) is 0.790. The third kappa shape index (κ3) is 4.53. The van der Waals surface area contributed by atoms with E-state index in [0.717, 1.165) is 19.3 Å². The standard InChI is InChI=1S/C13H23N3O2S/c1-5-6-7-8-9-13(4)16(11(3)18)15-12(19-13)14-10(2)17/h5-9H2,1-4H3,(H,14,15,17)/t13-/m1/s1. The Morgan fingerprint density at radius 1 is 1.32 bits per heavy atom. The fourth-order valence-electron chi connectivity index (χ4n) is 2.11. The Hall–Kier alpha value is -1.04. The summed E-state index contributed by atoms with van der Waals surface area (Å²) in [6, 6.07) is 0. The van der Waals surface area contributed by atoms with Gasteiger partial charge in [-0.3, -0.25) is 9.59 Å². The van der Waals surface area contributed by atoms with Gasteiger partial charge in [-0.1, -0.05) is 44.4 Å². The average Bonchev–Trinajstić information content (AvgIpc) is 2.61. The van der Waals surface area contributed by atoms with E-state index in [1.807, 2.05) is 6.92 Å². The number of hydrogen-bond acceptors (Lipinski definition) is 4. The van der Waals surface area contributed by atoms with Gasteiger partial charge in [0.05, 0.1) is 0 Å². The number of carbonyl (C=O) groups excluding carboxylic acids is 2. The van der Waals surface area contributed by atoms with Gasteiger partial charge in [-0.15, -0.1) is 5.10 Å². The van der Waals surface area contributed by atoms with Crippen molar-refractivity contribution in [3.8, 4) is 0 Å². The van der Waals surface area contributed by atoms with Crippen molar-refractivity contribution in [2.24, 2.45) is 5.10 Å². The van der Waals surface area contributed by atoms with Gasteiger partial charge >= 0.3 is 0 Å². The van der Waals surface area contributed by atoms with Gasteiger partial charge in [-0.2, -0.15) is 0 Å². The number of amidine groups is 1. The molecule has 0 aromatic rings. The van der Waals surface area contributed by atoms with Crippen LogP contribution in [0.1, 0.15) is 59.8 Å². The minimum atomic E-state index is -0.378. The highest BCUT2D eigenvalue weighted by atomic mass is 32.2. The number of unbranched alkanes of at least 4 members (excludes halogenated alkanes) is 3. The van der Waals surface area contributed by atoms with Crippen LogP contribution in [-0.2, 0) is 9.59 Å². The monoisotopic (exact) mass is 285 g/mol. The van der Waals surface area contributed by atoms with Crippen molar-refractivity contribution >= 4 is 28.7 Å². The summed E-state index contributed by atoms with van der Waals surface area (Å²) in [5, 5.41) is 8.88. The van der Waals surface area contributed by atoms with Gasteiger partial charge in [0.1, 0.15) is 4.87 Å². The zero-order chi connectivity index (χ0) is 14.5. The summed E-state index contributed by atoms with van der Waals surface area (Å²) in [6.07, 6.45) is 5.50. The number of thioether (sulfide) groups is 1. The van der Waals surface area contributed by atoms with Crippen molar-refractivity contribution in [3.05, 3.63) is 0 Å². The van der Waals surface area contributed by atoms with Crippen LogP contribution in [0.25, 0.3) is 0 Å². The van der Waals surface area contributed by atoms with E-state index in [0.29, 0.717) is 5.17 Å². The fraction of sp³-hybridized carbons (Fsp3) is 0.769. The largest absolute Gasteiger partial charge is 0.304 e. The molecule has 0 aromatic heterocycles. The van der Waals surface area contributed by atoms with E-state index in [1.54, 1.807) is 0 Å². The maximum Gasteiger partial charge on any atom is 0.240 e. The third-order valence-electron chi connectivity index (χ3n) is 3.03. The molecule has 5 nitrogen and oxygen atoms in total. The van der Waals surface area contributed by atoms with Crippen molar-refractivity contribution in [2.75, 3.05) is 0 Å². The second kappa shape index (κ2) is 6.93. The van der Waals surface area contributed by atoms with Crippen LogP contribution < -0.4 is 5.32 Å². The average molecular weight is 285 g/mol. The van der Waals surface area contributed by atoms with Crippen molar-refractivity contribution in [2.45, 2.75) is 64.7 Å². The van der Waals surface area contributed by atoms with E-state index in [9.17, 15) is 9.59 Å². The molecule has 0 bridgehead atoms. The van der Waals surface area contributed by atoms with E-state index < -0.39 is 0 Å². The number of rotatable bonds is 5. The molecule has 0 spiro atoms. The Morgan fingerprint density at radius 2 is 2.00 bits per heavy atom. The van der Waals surface area contributed by atoms with Crippen LogP contribution in [0.15, 0.2) is 5.10 Å². The summed E-state index contributed by atoms with van der Waals surface area (Å²) in [5.74, 6) is -0.254. The zero-order valence-corrected chi connectivity index (χ0v) is 13.0. The summed E-state index contributed by atoms with van der Waals surface area (Å²) in [6.45, 7) is 7.12. The second-order valence-electron chi connectivity index (χ2n) is 5.00. The number of hydrogen-bond donors (Lipinski definition) is 1. The van der Waals surface area contributed by atoms with Crippen molar-refractivity contribution in [1.29, 1.82) is 0 Å². The highest BCUT2D eigenvalue weighted by Gasteiger charge is 2.41. The lowest BCUT2D eigenvalue weighted by Crippen LogP contribution is -2.40. The summed E-state index contributed by atoms with van der Waals surface area (Å²) in [7, 11) is 0. The van der Waals surface area contributed by atoms with E-state index in [-0.39, 0.29) is 16.7 Å². The first kappa shape index (κ1) is 16.0. The van der Waals surface area contributed by atoms with Gasteiger partial charge in [0.25, 0.3) is 0 Å². The molecule has 1 N–H and O–H groups in total. The fourth-order valence-corrected chi connectivity index (χ4v) is 3.35. The van der Waals surface area contributed by atoms with Crippen LogP contribution in [0.2, 0.25) is 0 Å². The normalized spacial score (nSPS) is 22.3. The number of amides is 2. The molecule has 0 fully saturated rings. The van der Waals surface area contributed by atoms with Crippen molar-refractivity contribution in [1.82, 2.24) is 10.3 Å². The molecule has 1 aliphatic rings. The summed E-state index contributed by atoms with van der Waals surface area (Å²) < 4.78 is 0. The van der Waals surface area contributed by atoms with Gasteiger partial charge in [-0.25, -0.2) is 5.01 Å². The summed E-state index contributed by atoms with van der Waals surface area (Å²) >= 11 is 1.46. The molecule has 0 aliphatic carbocycles. The highest BCUT2D eigenvalue weighted by Crippen LogP contribution is 2.40. The molecule has 0 aromatic carbocycles. The number of nitrogens with zero attached hydrogens (tertiary/aromatic N) is 2. The lowest BCUT2D eigenvalue weighted by Gasteiger charge is -2.30. The Kier molecular flexibility index (Phi) is 5.85. The van der Waals surface area contributed by atoms with Crippen LogP contribution in [-0.4, -0.2) is 26.9 Å². The molecular formula is C13H23N3O2S. The van der Waals surface area contributed by atoms with Crippen molar-refractivity contribution in [3.63, 3.8) is 0 Å². The van der Waals surface area contributed by atoms with Crippen LogP contribution in [0.4, 0.5) is 0 Å². The number of carbonyl (C=O) groups is 2. The maximum atomic E-state index is 11.7. The van der Waals surface area contributed by atoms with Crippen LogP contribution in [0, 0.1) is 0 Å². The lowest BCUT2D eigenvalue weighted by atomic mass is 10.1. The van der Waals surface area contributed by atoms with Gasteiger partial charge in [-0.05, 0) is 13.3 Å². The zero-order valence-electron chi connectivity index (χ0n) is 12.2. The van der Waals surface area contributed by atoms with Gasteiger partial charge < -0.3 is 5.32 Å². The third-order valence-corrected chi connectivity index (χ3v) is 4.22. The Balaban J connectivity index is 2.66. The van der Waals surface area contributed by atoms with Crippen LogP contribution in [0.5, 0.6) is 0 Å². The smallest absolute Gasteiger partial charge is 0.240 e. The SMILES string of the molecule is CCCCCC[C@@]1(C)SC(NC(C)=O)=NN1C(C)=O. The first-order valence-corrected chi connectivity index (χ1v) is 7.56. The lowest BCUT2D eigenvalue weighted by molar-refractivity contribution is -0.131. The molecule has 6 heteroatoms. The predicted octanol–water partition coefficient (Wildman–Crippen LogP) is 2.68. The van der Waals surface area contributed by atoms with E-state index in [4.69, 9.17) is 0 Å². The van der Waals surface area contributed by atoms with Crippen molar-refractivity contribution < 1.29 is 9.59 Å². The molecule has 1 rings (SSSR count). The van der Waals surface area contributed by atoms with E-state index >= 15 is 0 Å². The minimum Gasteiger partial charge on any atom is -0.304 e. The Bertz CT molecular complexity index is 384. The van der Waals surface area contributed by atoms with Gasteiger partial charge in [0.2, 0.25) is 11.8 Å². The first-order chi connectivity index (χ1) is 8.89. The van der Waals surface area contributed by atoms with Gasteiger partial charge in [0, 0.05) is 13.8 Å². The van der Waals surface area contributed by atoms with E-state index in [2.05, 4.69) is 17.3 Å². The second-order valence-corrected chi connectivity index (χ2v) is 6.48. The number of nitrogens with one attached hydrogen (secondary N) is 1. The molecule has 2 amide bonds.